The Hall–Kier alpha value is -1.30. The first-order chi connectivity index (χ1) is 15.2. The van der Waals surface area contributed by atoms with Crippen molar-refractivity contribution in [1.82, 2.24) is 5.32 Å². The number of nitrogens with one attached hydrogen (secondary N) is 1. The fraction of sp³-hybridized carbons (Fsp3) is 0.538. The van der Waals surface area contributed by atoms with Crippen LogP contribution in [0.5, 0.6) is 0 Å². The molecule has 2 atom stereocenters. The van der Waals surface area contributed by atoms with E-state index < -0.39 is 0 Å². The van der Waals surface area contributed by atoms with E-state index in [1.54, 1.807) is 0 Å². The lowest BCUT2D eigenvalue weighted by Crippen LogP contribution is -2.32. The van der Waals surface area contributed by atoms with Crippen molar-refractivity contribution in [2.75, 3.05) is 36.0 Å². The van der Waals surface area contributed by atoms with Crippen LogP contribution in [0, 0.1) is 0 Å². The number of unbranched alkanes of at least 4 members (excludes halogenated alkanes) is 2. The molecule has 172 valence electrons. The van der Waals surface area contributed by atoms with Gasteiger partial charge in [-0.1, -0.05) is 50.2 Å². The van der Waals surface area contributed by atoms with E-state index in [4.69, 9.17) is 25.3 Å². The van der Waals surface area contributed by atoms with E-state index in [1.165, 1.54) is 37.1 Å². The van der Waals surface area contributed by atoms with Gasteiger partial charge in [0.1, 0.15) is 0 Å². The average molecular weight is 460 g/mol. The van der Waals surface area contributed by atoms with Gasteiger partial charge >= 0.3 is 0 Å². The van der Waals surface area contributed by atoms with Crippen LogP contribution in [0.1, 0.15) is 52.4 Å². The van der Waals surface area contributed by atoms with Gasteiger partial charge in [-0.05, 0) is 75.9 Å². The summed E-state index contributed by atoms with van der Waals surface area (Å²) >= 11 is 9.57. The van der Waals surface area contributed by atoms with E-state index in [1.807, 2.05) is 0 Å². The Morgan fingerprint density at radius 2 is 1.03 bits per heavy atom. The molecular formula is C26H41N3S2. The quantitative estimate of drug-likeness (QED) is 0.152. The predicted octanol–water partition coefficient (Wildman–Crippen LogP) is 6.48. The Bertz CT molecular complexity index is 624. The maximum absolute atomic E-state index is 4.78. The molecule has 0 amide bonds. The van der Waals surface area contributed by atoms with Gasteiger partial charge in [0, 0.05) is 24.5 Å². The number of nitrogens with zero attached hydrogens (tertiary/aromatic N) is 2. The van der Waals surface area contributed by atoms with E-state index >= 15 is 0 Å². The van der Waals surface area contributed by atoms with Crippen molar-refractivity contribution in [3.63, 3.8) is 0 Å². The zero-order chi connectivity index (χ0) is 22.3. The molecule has 5 heteroatoms. The fourth-order valence-corrected chi connectivity index (χ4v) is 4.27. The number of para-hydroxylation sites is 2. The highest BCUT2D eigenvalue weighted by Crippen LogP contribution is 2.22. The van der Waals surface area contributed by atoms with Gasteiger partial charge in [-0.25, -0.2) is 0 Å². The van der Waals surface area contributed by atoms with Crippen molar-refractivity contribution in [2.24, 2.45) is 0 Å². The minimum atomic E-state index is 0.279. The van der Waals surface area contributed by atoms with Gasteiger partial charge < -0.3 is 15.1 Å². The minimum Gasteiger partial charge on any atom is -0.360 e. The van der Waals surface area contributed by atoms with Gasteiger partial charge in [0.2, 0.25) is 0 Å². The molecule has 2 aromatic carbocycles. The summed E-state index contributed by atoms with van der Waals surface area (Å²) in [7, 11) is 0. The van der Waals surface area contributed by atoms with E-state index in [0.717, 1.165) is 39.0 Å². The van der Waals surface area contributed by atoms with Crippen molar-refractivity contribution in [1.29, 1.82) is 0 Å². The second-order valence-corrected chi connectivity index (χ2v) is 9.19. The lowest BCUT2D eigenvalue weighted by atomic mass is 10.2. The largest absolute Gasteiger partial charge is 0.360 e. The first-order valence-electron chi connectivity index (χ1n) is 11.9. The van der Waals surface area contributed by atoms with Crippen LogP contribution < -0.4 is 15.1 Å². The van der Waals surface area contributed by atoms with Gasteiger partial charge in [-0.15, -0.1) is 0 Å². The second-order valence-electron chi connectivity index (χ2n) is 8.00. The molecule has 2 unspecified atom stereocenters. The van der Waals surface area contributed by atoms with Crippen molar-refractivity contribution >= 4 is 36.6 Å². The summed E-state index contributed by atoms with van der Waals surface area (Å²) in [6.07, 6.45) is 6.83. The topological polar surface area (TPSA) is 18.5 Å². The maximum atomic E-state index is 4.78. The summed E-state index contributed by atoms with van der Waals surface area (Å²) in [6, 6.07) is 21.3. The number of thiol groups is 2. The Balaban J connectivity index is 1.61. The zero-order valence-electron chi connectivity index (χ0n) is 19.3. The van der Waals surface area contributed by atoms with Crippen molar-refractivity contribution in [3.8, 4) is 0 Å². The molecular weight excluding hydrogens is 418 g/mol. The molecule has 2 aromatic rings. The molecule has 0 aromatic heterocycles. The van der Waals surface area contributed by atoms with E-state index in [0.29, 0.717) is 0 Å². The Kier molecular flexibility index (Phi) is 13.0. The fourth-order valence-electron chi connectivity index (χ4n) is 3.77. The Morgan fingerprint density at radius 3 is 1.39 bits per heavy atom. The standard InChI is InChI=1S/C26H41N3S2/c1-3-25(30)28(23-15-7-5-8-16-23)21-13-11-19-27-20-12-14-22-29(26(31)4-2)24-17-9-6-10-18-24/h5-10,15-18,25-27,30-31H,3-4,11-14,19-22H2,1-2H3. The molecule has 3 nitrogen and oxygen atoms in total. The molecule has 0 saturated heterocycles. The molecule has 31 heavy (non-hydrogen) atoms. The molecule has 2 rings (SSSR count). The molecule has 0 aliphatic heterocycles. The lowest BCUT2D eigenvalue weighted by molar-refractivity contribution is 0.573. The van der Waals surface area contributed by atoms with Crippen molar-refractivity contribution in [2.45, 2.75) is 63.1 Å². The van der Waals surface area contributed by atoms with Gasteiger partial charge in [0.05, 0.1) is 10.7 Å². The third-order valence-electron chi connectivity index (χ3n) is 5.63. The normalized spacial score (nSPS) is 13.0. The van der Waals surface area contributed by atoms with Crippen LogP contribution in [0.4, 0.5) is 11.4 Å². The SMILES string of the molecule is CCC(S)N(CCCCNCCCCN(c1ccccc1)C(S)CC)c1ccccc1. The van der Waals surface area contributed by atoms with Crippen LogP contribution in [0.3, 0.4) is 0 Å². The Labute approximate surface area is 201 Å². The third-order valence-corrected chi connectivity index (χ3v) is 6.92. The molecule has 1 N–H and O–H groups in total. The van der Waals surface area contributed by atoms with E-state index in [2.05, 4.69) is 89.6 Å². The first-order valence-corrected chi connectivity index (χ1v) is 12.9. The highest BCUT2D eigenvalue weighted by Gasteiger charge is 2.14. The average Bonchev–Trinajstić information content (AvgIpc) is 2.83. The van der Waals surface area contributed by atoms with Crippen LogP contribution in [-0.4, -0.2) is 36.9 Å². The monoisotopic (exact) mass is 459 g/mol. The zero-order valence-corrected chi connectivity index (χ0v) is 21.1. The molecule has 0 spiro atoms. The highest BCUT2D eigenvalue weighted by atomic mass is 32.1. The molecule has 0 aliphatic carbocycles. The highest BCUT2D eigenvalue weighted by molar-refractivity contribution is 7.81. The first kappa shape index (κ1) is 26.0. The van der Waals surface area contributed by atoms with Gasteiger partial charge in [0.15, 0.2) is 0 Å². The van der Waals surface area contributed by atoms with Crippen LogP contribution in [0.2, 0.25) is 0 Å². The van der Waals surface area contributed by atoms with Gasteiger partial charge in [0.25, 0.3) is 0 Å². The summed E-state index contributed by atoms with van der Waals surface area (Å²) in [4.78, 5) is 4.84. The van der Waals surface area contributed by atoms with E-state index in [-0.39, 0.29) is 10.7 Å². The number of anilines is 2. The molecule has 0 aliphatic rings. The summed E-state index contributed by atoms with van der Waals surface area (Å²) in [5.74, 6) is 0. The van der Waals surface area contributed by atoms with Gasteiger partial charge in [-0.2, -0.15) is 25.3 Å². The summed E-state index contributed by atoms with van der Waals surface area (Å²) in [5, 5.41) is 4.18. The van der Waals surface area contributed by atoms with Crippen LogP contribution in [0.25, 0.3) is 0 Å². The maximum Gasteiger partial charge on any atom is 0.0719 e. The molecule has 0 saturated carbocycles. The summed E-state index contributed by atoms with van der Waals surface area (Å²) in [6.45, 7) is 8.67. The second kappa shape index (κ2) is 15.5. The number of rotatable bonds is 16. The summed E-state index contributed by atoms with van der Waals surface area (Å²) in [5.41, 5.74) is 2.55. The van der Waals surface area contributed by atoms with Crippen LogP contribution in [-0.2, 0) is 0 Å². The summed E-state index contributed by atoms with van der Waals surface area (Å²) < 4.78 is 0. The number of hydrogen-bond acceptors (Lipinski definition) is 5. The molecule has 0 radical (unpaired) electrons. The molecule has 0 bridgehead atoms. The van der Waals surface area contributed by atoms with Crippen molar-refractivity contribution in [3.05, 3.63) is 60.7 Å². The van der Waals surface area contributed by atoms with Crippen molar-refractivity contribution < 1.29 is 0 Å². The minimum absolute atomic E-state index is 0.279. The lowest BCUT2D eigenvalue weighted by Gasteiger charge is -2.30. The third kappa shape index (κ3) is 9.38. The van der Waals surface area contributed by atoms with Crippen LogP contribution in [0.15, 0.2) is 60.7 Å². The molecule has 0 fully saturated rings. The van der Waals surface area contributed by atoms with Crippen LogP contribution >= 0.6 is 25.3 Å². The molecule has 0 heterocycles. The Morgan fingerprint density at radius 1 is 0.645 bits per heavy atom. The van der Waals surface area contributed by atoms with Gasteiger partial charge in [-0.3, -0.25) is 0 Å². The van der Waals surface area contributed by atoms with E-state index in [9.17, 15) is 0 Å². The number of hydrogen-bond donors (Lipinski definition) is 3. The number of benzene rings is 2. The smallest absolute Gasteiger partial charge is 0.0719 e. The predicted molar refractivity (Wildman–Crippen MR) is 145 cm³/mol.